The number of carbonyl (C=O) groups is 1. The molecule has 2 rings (SSSR count). The average molecular weight is 293 g/mol. The van der Waals surface area contributed by atoms with Gasteiger partial charge in [-0.25, -0.2) is 0 Å². The van der Waals surface area contributed by atoms with Gasteiger partial charge in [0.05, 0.1) is 0 Å². The van der Waals surface area contributed by atoms with Crippen LogP contribution in [0.1, 0.15) is 37.8 Å². The largest absolute Gasteiger partial charge is 0.481 e. The van der Waals surface area contributed by atoms with Gasteiger partial charge in [0, 0.05) is 23.9 Å². The molecule has 0 aromatic heterocycles. The first kappa shape index (κ1) is 15.4. The fourth-order valence-corrected chi connectivity index (χ4v) is 3.28. The highest BCUT2D eigenvalue weighted by molar-refractivity contribution is 7.98. The molecule has 20 heavy (non-hydrogen) atoms. The van der Waals surface area contributed by atoms with Crippen LogP contribution >= 0.6 is 11.8 Å². The van der Waals surface area contributed by atoms with Gasteiger partial charge < -0.3 is 5.11 Å². The van der Waals surface area contributed by atoms with Crippen LogP contribution in [0.2, 0.25) is 0 Å². The van der Waals surface area contributed by atoms with Gasteiger partial charge in [0.2, 0.25) is 0 Å². The Morgan fingerprint density at radius 3 is 2.75 bits per heavy atom. The minimum Gasteiger partial charge on any atom is -0.481 e. The first-order valence-corrected chi connectivity index (χ1v) is 8.42. The standard InChI is InChI=1S/C16H23NO2S/c1-12(14-4-6-15(20-2)7-5-14)17-10-9-13(11-17)3-8-16(18)19/h4-7,12-13H,3,8-11H2,1-2H3,(H,18,19). The average Bonchev–Trinajstić information content (AvgIpc) is 2.93. The Balaban J connectivity index is 1.89. The topological polar surface area (TPSA) is 40.5 Å². The molecule has 0 spiro atoms. The summed E-state index contributed by atoms with van der Waals surface area (Å²) in [6.45, 7) is 4.35. The van der Waals surface area contributed by atoms with Crippen molar-refractivity contribution in [1.82, 2.24) is 4.90 Å². The third kappa shape index (κ3) is 4.00. The zero-order chi connectivity index (χ0) is 14.5. The summed E-state index contributed by atoms with van der Waals surface area (Å²) in [5, 5.41) is 8.76. The van der Waals surface area contributed by atoms with Gasteiger partial charge in [-0.2, -0.15) is 0 Å². The van der Waals surface area contributed by atoms with Crippen molar-refractivity contribution in [3.63, 3.8) is 0 Å². The first-order chi connectivity index (χ1) is 9.60. The highest BCUT2D eigenvalue weighted by atomic mass is 32.2. The van der Waals surface area contributed by atoms with Crippen molar-refractivity contribution < 1.29 is 9.90 Å². The van der Waals surface area contributed by atoms with Gasteiger partial charge in [-0.15, -0.1) is 11.8 Å². The summed E-state index contributed by atoms with van der Waals surface area (Å²) in [4.78, 5) is 14.4. The second kappa shape index (κ2) is 7.14. The first-order valence-electron chi connectivity index (χ1n) is 7.20. The van der Waals surface area contributed by atoms with Crippen molar-refractivity contribution in [2.45, 2.75) is 37.1 Å². The number of carboxylic acid groups (broad SMARTS) is 1. The number of carboxylic acids is 1. The molecule has 1 fully saturated rings. The highest BCUT2D eigenvalue weighted by Crippen LogP contribution is 2.30. The number of likely N-dealkylation sites (tertiary alicyclic amines) is 1. The number of nitrogens with zero attached hydrogens (tertiary/aromatic N) is 1. The smallest absolute Gasteiger partial charge is 0.303 e. The second-order valence-corrected chi connectivity index (χ2v) is 6.41. The lowest BCUT2D eigenvalue weighted by Gasteiger charge is -2.25. The molecule has 3 nitrogen and oxygen atoms in total. The van der Waals surface area contributed by atoms with E-state index in [2.05, 4.69) is 42.3 Å². The molecule has 4 heteroatoms. The maximum Gasteiger partial charge on any atom is 0.303 e. The Bertz CT molecular complexity index is 446. The van der Waals surface area contributed by atoms with Crippen LogP contribution < -0.4 is 0 Å². The Morgan fingerprint density at radius 2 is 2.15 bits per heavy atom. The monoisotopic (exact) mass is 293 g/mol. The molecule has 1 heterocycles. The van der Waals surface area contributed by atoms with Crippen LogP contribution in [0.5, 0.6) is 0 Å². The number of hydrogen-bond acceptors (Lipinski definition) is 3. The summed E-state index contributed by atoms with van der Waals surface area (Å²) in [7, 11) is 0. The van der Waals surface area contributed by atoms with Gasteiger partial charge in [-0.1, -0.05) is 12.1 Å². The molecule has 1 saturated heterocycles. The second-order valence-electron chi connectivity index (χ2n) is 5.53. The van der Waals surface area contributed by atoms with E-state index in [1.807, 2.05) is 0 Å². The molecular weight excluding hydrogens is 270 g/mol. The van der Waals surface area contributed by atoms with Crippen LogP contribution in [0.15, 0.2) is 29.2 Å². The number of hydrogen-bond donors (Lipinski definition) is 1. The Morgan fingerprint density at radius 1 is 1.45 bits per heavy atom. The zero-order valence-electron chi connectivity index (χ0n) is 12.2. The molecule has 1 aliphatic heterocycles. The third-order valence-electron chi connectivity index (χ3n) is 4.23. The van der Waals surface area contributed by atoms with Gasteiger partial charge in [-0.3, -0.25) is 9.69 Å². The van der Waals surface area contributed by atoms with Crippen LogP contribution in [0.3, 0.4) is 0 Å². The molecule has 0 bridgehead atoms. The summed E-state index contributed by atoms with van der Waals surface area (Å²) in [6, 6.07) is 9.19. The minimum atomic E-state index is -0.677. The zero-order valence-corrected chi connectivity index (χ0v) is 13.0. The quantitative estimate of drug-likeness (QED) is 0.813. The van der Waals surface area contributed by atoms with Crippen LogP contribution in [-0.4, -0.2) is 35.3 Å². The van der Waals surface area contributed by atoms with Gasteiger partial charge in [0.15, 0.2) is 0 Å². The molecular formula is C16H23NO2S. The number of aliphatic carboxylic acids is 1. The van der Waals surface area contributed by atoms with E-state index in [4.69, 9.17) is 5.11 Å². The molecule has 2 atom stereocenters. The summed E-state index contributed by atoms with van der Waals surface area (Å²) >= 11 is 1.76. The van der Waals surface area contributed by atoms with Gasteiger partial charge in [0.25, 0.3) is 0 Å². The SMILES string of the molecule is CSc1ccc(C(C)N2CCC(CCC(=O)O)C2)cc1. The minimum absolute atomic E-state index is 0.301. The van der Waals surface area contributed by atoms with Crippen molar-refractivity contribution in [2.24, 2.45) is 5.92 Å². The Hall–Kier alpha value is -1.00. The van der Waals surface area contributed by atoms with Gasteiger partial charge in [-0.05, 0) is 56.2 Å². The maximum absolute atomic E-state index is 10.6. The van der Waals surface area contributed by atoms with E-state index in [0.717, 1.165) is 25.9 Å². The summed E-state index contributed by atoms with van der Waals surface area (Å²) in [5.74, 6) is -0.136. The molecule has 110 valence electrons. The van der Waals surface area contributed by atoms with E-state index >= 15 is 0 Å². The maximum atomic E-state index is 10.6. The summed E-state index contributed by atoms with van der Waals surface area (Å²) < 4.78 is 0. The van der Waals surface area contributed by atoms with Crippen molar-refractivity contribution >= 4 is 17.7 Å². The van der Waals surface area contributed by atoms with E-state index in [0.29, 0.717) is 18.4 Å². The van der Waals surface area contributed by atoms with Crippen LogP contribution in [-0.2, 0) is 4.79 Å². The van der Waals surface area contributed by atoms with E-state index < -0.39 is 5.97 Å². The predicted molar refractivity (Wildman–Crippen MR) is 83.2 cm³/mol. The third-order valence-corrected chi connectivity index (χ3v) is 4.97. The number of benzene rings is 1. The molecule has 1 aliphatic rings. The fourth-order valence-electron chi connectivity index (χ4n) is 2.87. The molecule has 0 radical (unpaired) electrons. The van der Waals surface area contributed by atoms with E-state index in [1.165, 1.54) is 10.5 Å². The normalized spacial score (nSPS) is 21.0. The summed E-state index contributed by atoms with van der Waals surface area (Å²) in [6.07, 6.45) is 4.33. The lowest BCUT2D eigenvalue weighted by atomic mass is 10.0. The van der Waals surface area contributed by atoms with Crippen molar-refractivity contribution in [3.8, 4) is 0 Å². The molecule has 0 saturated carbocycles. The molecule has 0 amide bonds. The Labute approximate surface area is 125 Å². The number of rotatable bonds is 6. The van der Waals surface area contributed by atoms with Crippen LogP contribution in [0.4, 0.5) is 0 Å². The van der Waals surface area contributed by atoms with E-state index in [9.17, 15) is 4.79 Å². The molecule has 2 unspecified atom stereocenters. The van der Waals surface area contributed by atoms with Crippen molar-refractivity contribution in [3.05, 3.63) is 29.8 Å². The molecule has 1 aromatic carbocycles. The Kier molecular flexibility index (Phi) is 5.49. The summed E-state index contributed by atoms with van der Waals surface area (Å²) in [5.41, 5.74) is 1.35. The number of thioether (sulfide) groups is 1. The highest BCUT2D eigenvalue weighted by Gasteiger charge is 2.26. The van der Waals surface area contributed by atoms with Crippen LogP contribution in [0, 0.1) is 5.92 Å². The molecule has 1 aromatic rings. The lowest BCUT2D eigenvalue weighted by Crippen LogP contribution is -2.24. The molecule has 0 aliphatic carbocycles. The fraction of sp³-hybridized carbons (Fsp3) is 0.562. The lowest BCUT2D eigenvalue weighted by molar-refractivity contribution is -0.137. The van der Waals surface area contributed by atoms with E-state index in [1.54, 1.807) is 11.8 Å². The van der Waals surface area contributed by atoms with Gasteiger partial charge in [0.1, 0.15) is 0 Å². The molecule has 1 N–H and O–H groups in total. The van der Waals surface area contributed by atoms with Crippen LogP contribution in [0.25, 0.3) is 0 Å². The predicted octanol–water partition coefficient (Wildman–Crippen LogP) is 3.66. The van der Waals surface area contributed by atoms with Gasteiger partial charge >= 0.3 is 5.97 Å². The van der Waals surface area contributed by atoms with Crippen molar-refractivity contribution in [2.75, 3.05) is 19.3 Å². The van der Waals surface area contributed by atoms with E-state index in [-0.39, 0.29) is 0 Å². The van der Waals surface area contributed by atoms with Crippen molar-refractivity contribution in [1.29, 1.82) is 0 Å².